The summed E-state index contributed by atoms with van der Waals surface area (Å²) < 4.78 is 44.2. The number of pyridine rings is 1. The third-order valence-electron chi connectivity index (χ3n) is 3.96. The van der Waals surface area contributed by atoms with E-state index in [0.29, 0.717) is 5.69 Å². The lowest BCUT2D eigenvalue weighted by molar-refractivity contribution is -0.111. The number of hydrogen-bond donors (Lipinski definition) is 1. The van der Waals surface area contributed by atoms with Crippen molar-refractivity contribution in [3.05, 3.63) is 84.4 Å². The number of ether oxygens (including phenoxy) is 1. The second-order valence-corrected chi connectivity index (χ2v) is 7.85. The van der Waals surface area contributed by atoms with Gasteiger partial charge in [-0.15, -0.1) is 0 Å². The van der Waals surface area contributed by atoms with Crippen molar-refractivity contribution in [2.75, 3.05) is 12.4 Å². The molecule has 0 radical (unpaired) electrons. The van der Waals surface area contributed by atoms with Crippen molar-refractivity contribution in [3.8, 4) is 5.75 Å². The van der Waals surface area contributed by atoms with E-state index in [9.17, 15) is 17.6 Å². The van der Waals surface area contributed by atoms with Gasteiger partial charge in [0, 0.05) is 24.2 Å². The Morgan fingerprint density at radius 2 is 1.90 bits per heavy atom. The molecule has 0 spiro atoms. The van der Waals surface area contributed by atoms with Gasteiger partial charge in [0.05, 0.1) is 12.0 Å². The fraction of sp³-hybridized carbons (Fsp3) is 0.0476. The normalized spacial score (nSPS) is 11.4. The molecule has 0 unspecified atom stereocenters. The molecular weight excluding hydrogens is 395 g/mol. The number of nitrogens with one attached hydrogen (secondary N) is 1. The van der Waals surface area contributed by atoms with Crippen LogP contribution in [0.2, 0.25) is 0 Å². The minimum Gasteiger partial charge on any atom is -0.495 e. The number of hydrogen-bond acceptors (Lipinski definition) is 5. The van der Waals surface area contributed by atoms with Crippen molar-refractivity contribution in [3.63, 3.8) is 0 Å². The number of methoxy groups -OCH3 is 1. The first-order chi connectivity index (χ1) is 13.9. The first-order valence-electron chi connectivity index (χ1n) is 8.48. The monoisotopic (exact) mass is 412 g/mol. The average molecular weight is 412 g/mol. The summed E-state index contributed by atoms with van der Waals surface area (Å²) in [6.07, 6.45) is 6.20. The average Bonchev–Trinajstić information content (AvgIpc) is 2.73. The van der Waals surface area contributed by atoms with Gasteiger partial charge in [0.2, 0.25) is 15.7 Å². The maximum atomic E-state index is 13.6. The van der Waals surface area contributed by atoms with Gasteiger partial charge in [0.25, 0.3) is 0 Å². The molecule has 29 heavy (non-hydrogen) atoms. The predicted molar refractivity (Wildman–Crippen MR) is 107 cm³/mol. The maximum absolute atomic E-state index is 13.6. The van der Waals surface area contributed by atoms with Crippen molar-refractivity contribution < 1.29 is 22.3 Å². The summed E-state index contributed by atoms with van der Waals surface area (Å²) in [7, 11) is -2.68. The van der Waals surface area contributed by atoms with E-state index in [1.54, 1.807) is 30.6 Å². The number of aromatic nitrogens is 1. The van der Waals surface area contributed by atoms with E-state index in [1.807, 2.05) is 0 Å². The van der Waals surface area contributed by atoms with E-state index in [-0.39, 0.29) is 21.4 Å². The number of nitrogens with zero attached hydrogens (tertiary/aromatic N) is 1. The largest absolute Gasteiger partial charge is 0.495 e. The fourth-order valence-corrected chi connectivity index (χ4v) is 3.97. The summed E-state index contributed by atoms with van der Waals surface area (Å²) in [5.41, 5.74) is 1.18. The van der Waals surface area contributed by atoms with Crippen LogP contribution in [0.4, 0.5) is 10.1 Å². The van der Waals surface area contributed by atoms with Gasteiger partial charge in [0.1, 0.15) is 16.5 Å². The first kappa shape index (κ1) is 20.2. The Morgan fingerprint density at radius 1 is 1.14 bits per heavy atom. The van der Waals surface area contributed by atoms with Crippen LogP contribution in [-0.2, 0) is 14.6 Å². The third kappa shape index (κ3) is 4.85. The third-order valence-corrected chi connectivity index (χ3v) is 5.75. The highest BCUT2D eigenvalue weighted by Gasteiger charge is 2.23. The van der Waals surface area contributed by atoms with Crippen LogP contribution in [0, 0.1) is 5.82 Å². The van der Waals surface area contributed by atoms with Crippen LogP contribution < -0.4 is 10.1 Å². The van der Waals surface area contributed by atoms with Gasteiger partial charge >= 0.3 is 0 Å². The molecule has 6 nitrogen and oxygen atoms in total. The SMILES string of the molecule is COc1ccc(F)cc1S(=O)(=O)c1ccc(NC(=O)C=Cc2cccnc2)cc1. The Balaban J connectivity index is 1.77. The molecule has 1 amide bonds. The molecule has 148 valence electrons. The number of sulfone groups is 1. The number of amides is 1. The molecular formula is C21H17FN2O4S. The van der Waals surface area contributed by atoms with Gasteiger partial charge in [-0.1, -0.05) is 6.07 Å². The molecule has 3 rings (SSSR count). The number of rotatable bonds is 6. The summed E-state index contributed by atoms with van der Waals surface area (Å²) in [4.78, 5) is 15.6. The Bertz CT molecular complexity index is 1150. The summed E-state index contributed by atoms with van der Waals surface area (Å²) in [5, 5.41) is 2.64. The molecule has 0 aliphatic carbocycles. The molecule has 8 heteroatoms. The highest BCUT2D eigenvalue weighted by Crippen LogP contribution is 2.30. The molecule has 0 aliphatic heterocycles. The van der Waals surface area contributed by atoms with Gasteiger partial charge in [-0.2, -0.15) is 0 Å². The number of halogens is 1. The van der Waals surface area contributed by atoms with Crippen LogP contribution in [0.1, 0.15) is 5.56 Å². The second kappa shape index (κ2) is 8.66. The first-order valence-corrected chi connectivity index (χ1v) is 9.96. The lowest BCUT2D eigenvalue weighted by Crippen LogP contribution is -2.08. The number of carbonyl (C=O) groups is 1. The Labute approximate surface area is 167 Å². The van der Waals surface area contributed by atoms with Crippen LogP contribution >= 0.6 is 0 Å². The summed E-state index contributed by atoms with van der Waals surface area (Å²) in [6.45, 7) is 0. The topological polar surface area (TPSA) is 85.4 Å². The van der Waals surface area contributed by atoms with Gasteiger partial charge in [-0.3, -0.25) is 9.78 Å². The van der Waals surface area contributed by atoms with E-state index in [2.05, 4.69) is 10.3 Å². The quantitative estimate of drug-likeness (QED) is 0.624. The van der Waals surface area contributed by atoms with E-state index in [0.717, 1.165) is 17.7 Å². The standard InChI is InChI=1S/C21H17FN2O4S/c1-28-19-10-5-16(22)13-20(19)29(26,27)18-8-6-17(7-9-18)24-21(25)11-4-15-3-2-12-23-14-15/h2-14H,1H3,(H,24,25). The molecule has 2 aromatic carbocycles. The minimum atomic E-state index is -3.99. The second-order valence-electron chi connectivity index (χ2n) is 5.93. The van der Waals surface area contributed by atoms with Gasteiger partial charge in [-0.25, -0.2) is 12.8 Å². The Kier molecular flexibility index (Phi) is 6.04. The molecule has 1 aromatic heterocycles. The number of benzene rings is 2. The Hall–Kier alpha value is -3.52. The number of anilines is 1. The van der Waals surface area contributed by atoms with Crippen LogP contribution in [0.15, 0.2) is 82.9 Å². The molecule has 3 aromatic rings. The lowest BCUT2D eigenvalue weighted by Gasteiger charge is -2.10. The van der Waals surface area contributed by atoms with Gasteiger partial charge in [-0.05, 0) is 60.2 Å². The number of carbonyl (C=O) groups excluding carboxylic acids is 1. The van der Waals surface area contributed by atoms with E-state index >= 15 is 0 Å². The lowest BCUT2D eigenvalue weighted by atomic mass is 10.2. The minimum absolute atomic E-state index is 0.0457. The van der Waals surface area contributed by atoms with Crippen LogP contribution in [-0.4, -0.2) is 26.4 Å². The highest BCUT2D eigenvalue weighted by atomic mass is 32.2. The molecule has 1 heterocycles. The zero-order valence-electron chi connectivity index (χ0n) is 15.4. The molecule has 0 fully saturated rings. The summed E-state index contributed by atoms with van der Waals surface area (Å²) in [6, 6.07) is 12.4. The molecule has 0 aliphatic rings. The molecule has 0 saturated carbocycles. The molecule has 1 N–H and O–H groups in total. The van der Waals surface area contributed by atoms with Crippen molar-refractivity contribution in [1.29, 1.82) is 0 Å². The maximum Gasteiger partial charge on any atom is 0.248 e. The highest BCUT2D eigenvalue weighted by molar-refractivity contribution is 7.91. The summed E-state index contributed by atoms with van der Waals surface area (Å²) in [5.74, 6) is -1.02. The van der Waals surface area contributed by atoms with Crippen molar-refractivity contribution in [2.45, 2.75) is 9.79 Å². The zero-order valence-corrected chi connectivity index (χ0v) is 16.2. The van der Waals surface area contributed by atoms with Crippen LogP contribution in [0.3, 0.4) is 0 Å². The molecule has 0 saturated heterocycles. The van der Waals surface area contributed by atoms with E-state index < -0.39 is 15.7 Å². The van der Waals surface area contributed by atoms with Crippen molar-refractivity contribution >= 4 is 27.5 Å². The molecule has 0 atom stereocenters. The van der Waals surface area contributed by atoms with E-state index in [1.165, 1.54) is 43.5 Å². The predicted octanol–water partition coefficient (Wildman–Crippen LogP) is 3.71. The van der Waals surface area contributed by atoms with Crippen molar-refractivity contribution in [2.24, 2.45) is 0 Å². The Morgan fingerprint density at radius 3 is 2.55 bits per heavy atom. The van der Waals surface area contributed by atoms with Crippen LogP contribution in [0.25, 0.3) is 6.08 Å². The fourth-order valence-electron chi connectivity index (χ4n) is 2.54. The molecule has 0 bridgehead atoms. The summed E-state index contributed by atoms with van der Waals surface area (Å²) >= 11 is 0. The van der Waals surface area contributed by atoms with Crippen LogP contribution in [0.5, 0.6) is 5.75 Å². The van der Waals surface area contributed by atoms with Gasteiger partial charge in [0.15, 0.2) is 0 Å². The van der Waals surface area contributed by atoms with E-state index in [4.69, 9.17) is 4.74 Å². The van der Waals surface area contributed by atoms with Gasteiger partial charge < -0.3 is 10.1 Å². The zero-order chi connectivity index (χ0) is 20.9. The van der Waals surface area contributed by atoms with Crippen molar-refractivity contribution in [1.82, 2.24) is 4.98 Å². The smallest absolute Gasteiger partial charge is 0.248 e.